The van der Waals surface area contributed by atoms with Crippen LogP contribution in [-0.4, -0.2) is 14.8 Å². The fourth-order valence-corrected chi connectivity index (χ4v) is 0.990. The summed E-state index contributed by atoms with van der Waals surface area (Å²) < 4.78 is 1.71. The Bertz CT molecular complexity index is 348. The van der Waals surface area contributed by atoms with Crippen LogP contribution in [0, 0.1) is 6.92 Å². The first kappa shape index (κ1) is 7.03. The van der Waals surface area contributed by atoms with Crippen LogP contribution in [0.25, 0.3) is 5.69 Å². The van der Waals surface area contributed by atoms with E-state index in [9.17, 15) is 0 Å². The zero-order chi connectivity index (χ0) is 8.39. The zero-order valence-electron chi connectivity index (χ0n) is 6.51. The number of rotatable bonds is 1. The Hall–Kier alpha value is -1.64. The van der Waals surface area contributed by atoms with Gasteiger partial charge < -0.3 is 0 Å². The van der Waals surface area contributed by atoms with Crippen molar-refractivity contribution in [3.05, 3.63) is 49.4 Å². The molecular formula is C9H8N3. The molecule has 0 saturated carbocycles. The summed E-state index contributed by atoms with van der Waals surface area (Å²) in [5.74, 6) is 0. The predicted molar refractivity (Wildman–Crippen MR) is 45.8 cm³/mol. The minimum absolute atomic E-state index is 0.999. The average Bonchev–Trinajstić information content (AvgIpc) is 2.58. The van der Waals surface area contributed by atoms with Gasteiger partial charge in [-0.1, -0.05) is 12.1 Å². The third kappa shape index (κ3) is 1.21. The predicted octanol–water partition coefficient (Wildman–Crippen LogP) is 1.45. The van der Waals surface area contributed by atoms with Crippen LogP contribution in [0.1, 0.15) is 5.56 Å². The summed E-state index contributed by atoms with van der Waals surface area (Å²) >= 11 is 0. The van der Waals surface area contributed by atoms with Gasteiger partial charge in [-0.3, -0.25) is 0 Å². The lowest BCUT2D eigenvalue weighted by Crippen LogP contribution is -1.93. The van der Waals surface area contributed by atoms with Gasteiger partial charge >= 0.3 is 0 Å². The van der Waals surface area contributed by atoms with Gasteiger partial charge in [0, 0.05) is 0 Å². The van der Waals surface area contributed by atoms with E-state index in [2.05, 4.69) is 17.0 Å². The fraction of sp³-hybridized carbons (Fsp3) is 0. The van der Waals surface area contributed by atoms with Crippen molar-refractivity contribution in [3.8, 4) is 5.69 Å². The largest absolute Gasteiger partial charge is 0.223 e. The summed E-state index contributed by atoms with van der Waals surface area (Å²) in [7, 11) is 0. The van der Waals surface area contributed by atoms with E-state index >= 15 is 0 Å². The highest BCUT2D eigenvalue weighted by molar-refractivity contribution is 5.34. The smallest absolute Gasteiger partial charge is 0.138 e. The minimum atomic E-state index is 0.999. The number of aromatic nitrogens is 3. The molecule has 12 heavy (non-hydrogen) atoms. The molecule has 0 atom stereocenters. The molecule has 1 radical (unpaired) electrons. The van der Waals surface area contributed by atoms with Crippen LogP contribution >= 0.6 is 0 Å². The molecule has 0 fully saturated rings. The number of benzene rings is 1. The van der Waals surface area contributed by atoms with Gasteiger partial charge in [-0.25, -0.2) is 9.67 Å². The molecule has 0 unspecified atom stereocenters. The first-order chi connectivity index (χ1) is 5.86. The molecule has 0 aliphatic rings. The topological polar surface area (TPSA) is 30.7 Å². The summed E-state index contributed by atoms with van der Waals surface area (Å²) in [5.41, 5.74) is 2.00. The van der Waals surface area contributed by atoms with Crippen molar-refractivity contribution in [2.75, 3.05) is 0 Å². The van der Waals surface area contributed by atoms with Gasteiger partial charge in [0.2, 0.25) is 0 Å². The van der Waals surface area contributed by atoms with Crippen molar-refractivity contribution < 1.29 is 0 Å². The van der Waals surface area contributed by atoms with Gasteiger partial charge in [0.25, 0.3) is 0 Å². The second kappa shape index (κ2) is 2.77. The second-order valence-corrected chi connectivity index (χ2v) is 2.51. The maximum Gasteiger partial charge on any atom is 0.138 e. The summed E-state index contributed by atoms with van der Waals surface area (Å²) in [6.07, 6.45) is 3.18. The highest BCUT2D eigenvalue weighted by Gasteiger charge is 1.93. The zero-order valence-corrected chi connectivity index (χ0v) is 6.51. The molecule has 1 aromatic carbocycles. The van der Waals surface area contributed by atoms with Crippen LogP contribution in [0.5, 0.6) is 0 Å². The molecule has 1 aromatic heterocycles. The van der Waals surface area contributed by atoms with Gasteiger partial charge in [0.15, 0.2) is 0 Å². The lowest BCUT2D eigenvalue weighted by atomic mass is 10.2. The molecule has 0 N–H and O–H groups in total. The van der Waals surface area contributed by atoms with Crippen molar-refractivity contribution in [3.63, 3.8) is 0 Å². The monoisotopic (exact) mass is 158 g/mol. The normalized spacial score (nSPS) is 10.1. The van der Waals surface area contributed by atoms with E-state index in [0.717, 1.165) is 11.3 Å². The van der Waals surface area contributed by atoms with Gasteiger partial charge in [0.05, 0.1) is 5.69 Å². The minimum Gasteiger partial charge on any atom is -0.223 e. The van der Waals surface area contributed by atoms with Crippen LogP contribution in [0.3, 0.4) is 0 Å². The first-order valence-electron chi connectivity index (χ1n) is 3.63. The van der Waals surface area contributed by atoms with E-state index in [4.69, 9.17) is 0 Å². The van der Waals surface area contributed by atoms with Gasteiger partial charge in [-0.05, 0) is 24.6 Å². The molecule has 0 aliphatic carbocycles. The van der Waals surface area contributed by atoms with E-state index in [1.807, 2.05) is 24.3 Å². The lowest BCUT2D eigenvalue weighted by Gasteiger charge is -1.98. The van der Waals surface area contributed by atoms with E-state index in [1.54, 1.807) is 11.0 Å². The van der Waals surface area contributed by atoms with Gasteiger partial charge in [0.1, 0.15) is 12.7 Å². The summed E-state index contributed by atoms with van der Waals surface area (Å²) in [5, 5.41) is 4.00. The van der Waals surface area contributed by atoms with Crippen molar-refractivity contribution in [1.29, 1.82) is 0 Å². The number of hydrogen-bond donors (Lipinski definition) is 0. The van der Waals surface area contributed by atoms with E-state index < -0.39 is 0 Å². The lowest BCUT2D eigenvalue weighted by molar-refractivity contribution is 0.879. The SMILES string of the molecule is [CH2]c1ccc(-n2cncn2)cc1. The Labute approximate surface area is 70.7 Å². The molecule has 0 amide bonds. The highest BCUT2D eigenvalue weighted by Crippen LogP contribution is 2.06. The van der Waals surface area contributed by atoms with Crippen molar-refractivity contribution in [2.45, 2.75) is 0 Å². The third-order valence-corrected chi connectivity index (χ3v) is 1.62. The van der Waals surface area contributed by atoms with Gasteiger partial charge in [-0.2, -0.15) is 5.10 Å². The maximum atomic E-state index is 4.00. The average molecular weight is 158 g/mol. The molecule has 3 heteroatoms. The standard InChI is InChI=1S/C9H8N3/c1-8-2-4-9(5-3-8)12-7-10-6-11-12/h2-7H,1H2. The summed E-state index contributed by atoms with van der Waals surface area (Å²) in [6.45, 7) is 3.80. The van der Waals surface area contributed by atoms with E-state index in [-0.39, 0.29) is 0 Å². The van der Waals surface area contributed by atoms with E-state index in [1.165, 1.54) is 6.33 Å². The van der Waals surface area contributed by atoms with Crippen molar-refractivity contribution >= 4 is 0 Å². The molecule has 0 spiro atoms. The number of nitrogens with zero attached hydrogens (tertiary/aromatic N) is 3. The second-order valence-electron chi connectivity index (χ2n) is 2.51. The van der Waals surface area contributed by atoms with Crippen LogP contribution < -0.4 is 0 Å². The molecule has 2 rings (SSSR count). The Morgan fingerprint density at radius 3 is 2.50 bits per heavy atom. The Kier molecular flexibility index (Phi) is 1.63. The number of hydrogen-bond acceptors (Lipinski definition) is 2. The van der Waals surface area contributed by atoms with E-state index in [0.29, 0.717) is 0 Å². The molecular weight excluding hydrogens is 150 g/mol. The Morgan fingerprint density at radius 1 is 1.17 bits per heavy atom. The van der Waals surface area contributed by atoms with Crippen LogP contribution in [0.2, 0.25) is 0 Å². The van der Waals surface area contributed by atoms with Gasteiger partial charge in [-0.15, -0.1) is 0 Å². The van der Waals surface area contributed by atoms with Crippen LogP contribution in [0.15, 0.2) is 36.9 Å². The maximum absolute atomic E-state index is 4.00. The van der Waals surface area contributed by atoms with Crippen molar-refractivity contribution in [1.82, 2.24) is 14.8 Å². The molecule has 3 nitrogen and oxygen atoms in total. The first-order valence-corrected chi connectivity index (χ1v) is 3.63. The van der Waals surface area contributed by atoms with Crippen molar-refractivity contribution in [2.24, 2.45) is 0 Å². The highest BCUT2D eigenvalue weighted by atomic mass is 15.3. The molecule has 1 heterocycles. The van der Waals surface area contributed by atoms with Crippen LogP contribution in [0.4, 0.5) is 0 Å². The molecule has 0 bridgehead atoms. The summed E-state index contributed by atoms with van der Waals surface area (Å²) in [4.78, 5) is 3.86. The molecule has 0 saturated heterocycles. The molecule has 59 valence electrons. The molecule has 0 aliphatic heterocycles. The third-order valence-electron chi connectivity index (χ3n) is 1.62. The summed E-state index contributed by atoms with van der Waals surface area (Å²) in [6, 6.07) is 7.79. The van der Waals surface area contributed by atoms with Crippen LogP contribution in [-0.2, 0) is 0 Å². The fourth-order valence-electron chi connectivity index (χ4n) is 0.990. The quantitative estimate of drug-likeness (QED) is 0.628. The Balaban J connectivity index is 2.43. The molecule has 2 aromatic rings. The Morgan fingerprint density at radius 2 is 1.92 bits per heavy atom.